The van der Waals surface area contributed by atoms with Crippen LogP contribution in [0.4, 0.5) is 0 Å². The number of carbonyl (C=O) groups excluding carboxylic acids is 1. The molecule has 1 heterocycles. The zero-order chi connectivity index (χ0) is 12.7. The summed E-state index contributed by atoms with van der Waals surface area (Å²) in [5.74, 6) is 0.0800. The number of allylic oxidation sites excluding steroid dienone is 2. The van der Waals surface area contributed by atoms with E-state index in [1.807, 2.05) is 37.0 Å². The van der Waals surface area contributed by atoms with E-state index in [4.69, 9.17) is 10.5 Å². The first-order valence-electron chi connectivity index (χ1n) is 6.28. The summed E-state index contributed by atoms with van der Waals surface area (Å²) in [6.45, 7) is 5.54. The minimum absolute atomic E-state index is 0.0800. The van der Waals surface area contributed by atoms with Crippen LogP contribution in [0.2, 0.25) is 0 Å². The SMILES string of the molecule is CC.NC1=CCCC(N2CCOCC2=O)C=C1. The standard InChI is InChI=1S/C11H16N2O2.C2H6/c12-9-2-1-3-10(5-4-9)13-6-7-15-8-11(13)14;1-2/h2,4-5,10H,1,3,6-8,12H2;1-2H3. The molecule has 1 saturated heterocycles. The molecule has 2 N–H and O–H groups in total. The highest BCUT2D eigenvalue weighted by atomic mass is 16.5. The van der Waals surface area contributed by atoms with E-state index < -0.39 is 0 Å². The van der Waals surface area contributed by atoms with Crippen molar-refractivity contribution < 1.29 is 9.53 Å². The Bertz CT molecular complexity index is 311. The van der Waals surface area contributed by atoms with E-state index in [-0.39, 0.29) is 18.6 Å². The first kappa shape index (κ1) is 13.8. The zero-order valence-electron chi connectivity index (χ0n) is 10.7. The summed E-state index contributed by atoms with van der Waals surface area (Å²) in [5, 5.41) is 0. The smallest absolute Gasteiger partial charge is 0.249 e. The van der Waals surface area contributed by atoms with Crippen LogP contribution in [0.1, 0.15) is 26.7 Å². The minimum Gasteiger partial charge on any atom is -0.399 e. The molecule has 1 aliphatic carbocycles. The largest absolute Gasteiger partial charge is 0.399 e. The first-order valence-corrected chi connectivity index (χ1v) is 6.28. The van der Waals surface area contributed by atoms with Crippen molar-refractivity contribution in [2.45, 2.75) is 32.7 Å². The number of carbonyl (C=O) groups is 1. The molecule has 0 bridgehead atoms. The molecule has 0 spiro atoms. The van der Waals surface area contributed by atoms with Crippen LogP contribution in [-0.4, -0.2) is 36.6 Å². The molecule has 0 aromatic carbocycles. The highest BCUT2D eigenvalue weighted by Gasteiger charge is 2.24. The monoisotopic (exact) mass is 238 g/mol. The van der Waals surface area contributed by atoms with E-state index >= 15 is 0 Å². The molecule has 0 aromatic rings. The topological polar surface area (TPSA) is 55.6 Å². The highest BCUT2D eigenvalue weighted by Crippen LogP contribution is 2.16. The molecule has 4 nitrogen and oxygen atoms in total. The van der Waals surface area contributed by atoms with Crippen molar-refractivity contribution in [3.05, 3.63) is 23.9 Å². The molecule has 1 unspecified atom stereocenters. The summed E-state index contributed by atoms with van der Waals surface area (Å²) >= 11 is 0. The molecule has 0 aromatic heterocycles. The van der Waals surface area contributed by atoms with Crippen LogP contribution in [0.25, 0.3) is 0 Å². The summed E-state index contributed by atoms with van der Waals surface area (Å²) in [7, 11) is 0. The Hall–Kier alpha value is -1.29. The lowest BCUT2D eigenvalue weighted by atomic mass is 10.1. The molecule has 96 valence electrons. The number of rotatable bonds is 1. The molecule has 1 aliphatic heterocycles. The van der Waals surface area contributed by atoms with Crippen LogP contribution in [0, 0.1) is 0 Å². The van der Waals surface area contributed by atoms with Crippen molar-refractivity contribution in [1.29, 1.82) is 0 Å². The van der Waals surface area contributed by atoms with E-state index in [1.165, 1.54) is 0 Å². The fraction of sp³-hybridized carbons (Fsp3) is 0.615. The van der Waals surface area contributed by atoms with E-state index in [0.717, 1.165) is 18.5 Å². The summed E-state index contributed by atoms with van der Waals surface area (Å²) in [4.78, 5) is 13.5. The third-order valence-electron chi connectivity index (χ3n) is 2.78. The molecular weight excluding hydrogens is 216 g/mol. The fourth-order valence-corrected chi connectivity index (χ4v) is 1.95. The van der Waals surface area contributed by atoms with Crippen molar-refractivity contribution in [1.82, 2.24) is 4.90 Å². The second kappa shape index (κ2) is 7.12. The van der Waals surface area contributed by atoms with Crippen molar-refractivity contribution in [2.75, 3.05) is 19.8 Å². The molecular formula is C13H22N2O2. The maximum atomic E-state index is 11.6. The molecule has 2 rings (SSSR count). The molecule has 1 amide bonds. The van der Waals surface area contributed by atoms with Gasteiger partial charge in [0.15, 0.2) is 0 Å². The maximum absolute atomic E-state index is 11.6. The van der Waals surface area contributed by atoms with Crippen LogP contribution in [0.5, 0.6) is 0 Å². The van der Waals surface area contributed by atoms with Gasteiger partial charge in [0.25, 0.3) is 0 Å². The van der Waals surface area contributed by atoms with Gasteiger partial charge in [0.05, 0.1) is 12.6 Å². The van der Waals surface area contributed by atoms with Gasteiger partial charge in [-0.1, -0.05) is 26.0 Å². The zero-order valence-corrected chi connectivity index (χ0v) is 10.7. The van der Waals surface area contributed by atoms with Gasteiger partial charge in [-0.15, -0.1) is 0 Å². The number of hydrogen-bond donors (Lipinski definition) is 1. The second-order valence-corrected chi connectivity index (χ2v) is 3.85. The van der Waals surface area contributed by atoms with Gasteiger partial charge in [-0.2, -0.15) is 0 Å². The quantitative estimate of drug-likeness (QED) is 0.752. The summed E-state index contributed by atoms with van der Waals surface area (Å²) < 4.78 is 5.10. The normalized spacial score (nSPS) is 24.6. The van der Waals surface area contributed by atoms with E-state index in [2.05, 4.69) is 0 Å². The third-order valence-corrected chi connectivity index (χ3v) is 2.78. The molecule has 0 saturated carbocycles. The molecule has 17 heavy (non-hydrogen) atoms. The third kappa shape index (κ3) is 3.89. The number of ether oxygens (including phenoxy) is 1. The summed E-state index contributed by atoms with van der Waals surface area (Å²) in [6.07, 6.45) is 7.78. The van der Waals surface area contributed by atoms with Crippen LogP contribution >= 0.6 is 0 Å². The predicted octanol–water partition coefficient (Wildman–Crippen LogP) is 1.43. The summed E-state index contributed by atoms with van der Waals surface area (Å²) in [6, 6.07) is 0.179. The van der Waals surface area contributed by atoms with Crippen molar-refractivity contribution in [2.24, 2.45) is 5.73 Å². The van der Waals surface area contributed by atoms with Crippen LogP contribution in [0.3, 0.4) is 0 Å². The molecule has 4 heteroatoms. The van der Waals surface area contributed by atoms with Gasteiger partial charge in [-0.3, -0.25) is 4.79 Å². The van der Waals surface area contributed by atoms with Gasteiger partial charge in [0.2, 0.25) is 5.91 Å². The van der Waals surface area contributed by atoms with E-state index in [9.17, 15) is 4.79 Å². The Morgan fingerprint density at radius 2 is 2.24 bits per heavy atom. The molecule has 0 radical (unpaired) electrons. The molecule has 2 aliphatic rings. The van der Waals surface area contributed by atoms with E-state index in [0.29, 0.717) is 13.2 Å². The minimum atomic E-state index is 0.0800. The van der Waals surface area contributed by atoms with Crippen molar-refractivity contribution >= 4 is 5.91 Å². The number of amides is 1. The Balaban J connectivity index is 0.000000686. The van der Waals surface area contributed by atoms with Gasteiger partial charge >= 0.3 is 0 Å². The van der Waals surface area contributed by atoms with Gasteiger partial charge in [0, 0.05) is 12.2 Å². The summed E-state index contributed by atoms with van der Waals surface area (Å²) in [5.41, 5.74) is 6.50. The molecule has 1 fully saturated rings. The lowest BCUT2D eigenvalue weighted by Crippen LogP contribution is -2.46. The van der Waals surface area contributed by atoms with Crippen LogP contribution in [-0.2, 0) is 9.53 Å². The Morgan fingerprint density at radius 1 is 1.47 bits per heavy atom. The van der Waals surface area contributed by atoms with Crippen molar-refractivity contribution in [3.63, 3.8) is 0 Å². The van der Waals surface area contributed by atoms with Gasteiger partial charge in [-0.05, 0) is 18.9 Å². The first-order chi connectivity index (χ1) is 8.27. The number of morpholine rings is 1. The van der Waals surface area contributed by atoms with Crippen LogP contribution in [0.15, 0.2) is 23.9 Å². The average Bonchev–Trinajstić information content (AvgIpc) is 2.57. The second-order valence-electron chi connectivity index (χ2n) is 3.85. The highest BCUT2D eigenvalue weighted by molar-refractivity contribution is 5.78. The van der Waals surface area contributed by atoms with Crippen molar-refractivity contribution in [3.8, 4) is 0 Å². The Labute approximate surface area is 103 Å². The molecule has 1 atom stereocenters. The lowest BCUT2D eigenvalue weighted by Gasteiger charge is -2.32. The van der Waals surface area contributed by atoms with Gasteiger partial charge < -0.3 is 15.4 Å². The number of hydrogen-bond acceptors (Lipinski definition) is 3. The Morgan fingerprint density at radius 3 is 2.94 bits per heavy atom. The Kier molecular flexibility index (Phi) is 5.77. The fourth-order valence-electron chi connectivity index (χ4n) is 1.95. The number of nitrogens with two attached hydrogens (primary N) is 1. The van der Waals surface area contributed by atoms with Gasteiger partial charge in [-0.25, -0.2) is 0 Å². The lowest BCUT2D eigenvalue weighted by molar-refractivity contribution is -0.144. The van der Waals surface area contributed by atoms with E-state index in [1.54, 1.807) is 0 Å². The van der Waals surface area contributed by atoms with Gasteiger partial charge in [0.1, 0.15) is 6.61 Å². The number of nitrogens with zero attached hydrogens (tertiary/aromatic N) is 1. The predicted molar refractivity (Wildman–Crippen MR) is 68.3 cm³/mol. The maximum Gasteiger partial charge on any atom is 0.249 e. The van der Waals surface area contributed by atoms with Crippen LogP contribution < -0.4 is 5.73 Å². The average molecular weight is 238 g/mol.